The van der Waals surface area contributed by atoms with E-state index < -0.39 is 11.7 Å². The molecule has 6 atom stereocenters. The van der Waals surface area contributed by atoms with Crippen LogP contribution < -0.4 is 0 Å². The van der Waals surface area contributed by atoms with Gasteiger partial charge < -0.3 is 24.4 Å². The Morgan fingerprint density at radius 1 is 1.03 bits per heavy atom. The van der Waals surface area contributed by atoms with E-state index in [0.717, 1.165) is 11.1 Å². The first-order valence-corrected chi connectivity index (χ1v) is 10.6. The highest BCUT2D eigenvalue weighted by atomic mass is 16.6. The Hall–Kier alpha value is -2.02. The van der Waals surface area contributed by atoms with E-state index in [0.29, 0.717) is 19.4 Å². The van der Waals surface area contributed by atoms with E-state index in [1.165, 1.54) is 0 Å². The summed E-state index contributed by atoms with van der Waals surface area (Å²) < 4.78 is 18.7. The first-order valence-electron chi connectivity index (χ1n) is 10.6. The molecule has 2 fully saturated rings. The van der Waals surface area contributed by atoms with Crippen LogP contribution in [-0.4, -0.2) is 52.9 Å². The smallest absolute Gasteiger partial charge is 0.115 e. The van der Waals surface area contributed by atoms with Crippen molar-refractivity contribution in [1.29, 1.82) is 0 Å². The zero-order valence-corrected chi connectivity index (χ0v) is 17.3. The number of ether oxygens (including phenoxy) is 3. The van der Waals surface area contributed by atoms with Crippen molar-refractivity contribution in [3.05, 3.63) is 77.9 Å². The Bertz CT molecular complexity index is 824. The van der Waals surface area contributed by atoms with Crippen molar-refractivity contribution < 1.29 is 24.4 Å². The lowest BCUT2D eigenvalue weighted by atomic mass is 9.85. The number of rotatable bonds is 6. The highest BCUT2D eigenvalue weighted by molar-refractivity contribution is 5.49. The molecular weight excluding hydrogens is 380 g/mol. The second-order valence-corrected chi connectivity index (χ2v) is 8.36. The number of aliphatic hydroxyl groups excluding tert-OH is 2. The molecule has 0 aliphatic carbocycles. The van der Waals surface area contributed by atoms with Crippen LogP contribution >= 0.6 is 0 Å². The van der Waals surface area contributed by atoms with Gasteiger partial charge in [0.2, 0.25) is 0 Å². The van der Waals surface area contributed by atoms with Crippen LogP contribution in [0.1, 0.15) is 30.9 Å². The summed E-state index contributed by atoms with van der Waals surface area (Å²) in [6.07, 6.45) is 3.48. The summed E-state index contributed by atoms with van der Waals surface area (Å²) in [4.78, 5) is 0. The van der Waals surface area contributed by atoms with Gasteiger partial charge in [-0.3, -0.25) is 0 Å². The van der Waals surface area contributed by atoms with Crippen molar-refractivity contribution in [2.24, 2.45) is 0 Å². The van der Waals surface area contributed by atoms with Crippen molar-refractivity contribution >= 4 is 6.08 Å². The molecular formula is C25H30O5. The molecule has 2 heterocycles. The monoisotopic (exact) mass is 410 g/mol. The maximum atomic E-state index is 10.5. The van der Waals surface area contributed by atoms with Crippen LogP contribution in [-0.2, 0) is 20.8 Å². The van der Waals surface area contributed by atoms with Crippen LogP contribution in [0.4, 0.5) is 0 Å². The third kappa shape index (κ3) is 4.82. The average Bonchev–Trinajstić information content (AvgIpc) is 2.78. The molecule has 160 valence electrons. The molecule has 0 bridgehead atoms. The zero-order valence-electron chi connectivity index (χ0n) is 17.3. The quantitative estimate of drug-likeness (QED) is 0.765. The van der Waals surface area contributed by atoms with E-state index in [4.69, 9.17) is 14.2 Å². The normalized spacial score (nSPS) is 34.0. The molecule has 0 spiro atoms. The maximum absolute atomic E-state index is 10.5. The van der Waals surface area contributed by atoms with E-state index in [1.807, 2.05) is 72.8 Å². The molecule has 0 unspecified atom stereocenters. The van der Waals surface area contributed by atoms with Gasteiger partial charge in [-0.05, 0) is 18.1 Å². The van der Waals surface area contributed by atoms with E-state index in [-0.39, 0.29) is 31.0 Å². The Morgan fingerprint density at radius 2 is 1.73 bits per heavy atom. The summed E-state index contributed by atoms with van der Waals surface area (Å²) in [5.74, 6) is 0. The minimum Gasteiger partial charge on any atom is -0.393 e. The first-order chi connectivity index (χ1) is 14.6. The van der Waals surface area contributed by atoms with E-state index in [2.05, 4.69) is 0 Å². The molecule has 0 saturated carbocycles. The largest absolute Gasteiger partial charge is 0.393 e. The fourth-order valence-electron chi connectivity index (χ4n) is 4.14. The number of aliphatic hydroxyl groups is 2. The Kier molecular flexibility index (Phi) is 6.66. The molecule has 5 heteroatoms. The van der Waals surface area contributed by atoms with Gasteiger partial charge >= 0.3 is 0 Å². The molecule has 4 rings (SSSR count). The summed E-state index contributed by atoms with van der Waals surface area (Å²) >= 11 is 0. The molecule has 5 nitrogen and oxygen atoms in total. The third-order valence-electron chi connectivity index (χ3n) is 6.06. The van der Waals surface area contributed by atoms with Crippen molar-refractivity contribution in [1.82, 2.24) is 0 Å². The van der Waals surface area contributed by atoms with Gasteiger partial charge in [-0.15, -0.1) is 0 Å². The highest BCUT2D eigenvalue weighted by Gasteiger charge is 2.49. The maximum Gasteiger partial charge on any atom is 0.115 e. The van der Waals surface area contributed by atoms with Crippen LogP contribution in [0.3, 0.4) is 0 Å². The zero-order chi connectivity index (χ0) is 21.0. The first kappa shape index (κ1) is 21.2. The minimum absolute atomic E-state index is 0.190. The van der Waals surface area contributed by atoms with Gasteiger partial charge in [0.15, 0.2) is 0 Å². The van der Waals surface area contributed by atoms with E-state index >= 15 is 0 Å². The summed E-state index contributed by atoms with van der Waals surface area (Å²) in [5, 5.41) is 20.2. The number of fused-ring (bicyclic) bond motifs is 1. The lowest BCUT2D eigenvalue weighted by Crippen LogP contribution is -2.61. The standard InChI is InChI=1S/C25H30O5/c1-25(17-26)24(27)15-22-23(30-25)14-21(28-16-19-10-6-3-7-11-19)20(29-22)13-12-18-8-4-2-5-9-18/h2-13,20-24,26-27H,14-17H2,1H3/b13-12+/t20-,21+,22+,23-,24-,25+/m1/s1. The lowest BCUT2D eigenvalue weighted by molar-refractivity contribution is -0.278. The number of hydrogen-bond donors (Lipinski definition) is 2. The lowest BCUT2D eigenvalue weighted by Gasteiger charge is -2.50. The van der Waals surface area contributed by atoms with Crippen LogP contribution in [0.2, 0.25) is 0 Å². The Morgan fingerprint density at radius 3 is 2.43 bits per heavy atom. The highest BCUT2D eigenvalue weighted by Crippen LogP contribution is 2.38. The molecule has 30 heavy (non-hydrogen) atoms. The summed E-state index contributed by atoms with van der Waals surface area (Å²) in [7, 11) is 0. The van der Waals surface area contributed by atoms with Gasteiger partial charge in [0.05, 0.1) is 37.6 Å². The molecule has 2 N–H and O–H groups in total. The topological polar surface area (TPSA) is 68.2 Å². The van der Waals surface area contributed by atoms with Crippen molar-refractivity contribution in [2.75, 3.05) is 6.61 Å². The van der Waals surface area contributed by atoms with Gasteiger partial charge in [-0.1, -0.05) is 72.8 Å². The Balaban J connectivity index is 1.51. The minimum atomic E-state index is -0.971. The fraction of sp³-hybridized carbons (Fsp3) is 0.440. The SMILES string of the molecule is C[C@@]1(CO)O[C@@H]2C[C@H](OCc3ccccc3)[C@@H](/C=C/c3ccccc3)O[C@H]2C[C@H]1O. The van der Waals surface area contributed by atoms with Crippen LogP contribution in [0, 0.1) is 0 Å². The number of benzene rings is 2. The molecule has 2 saturated heterocycles. The molecule has 2 aliphatic rings. The fourth-order valence-corrected chi connectivity index (χ4v) is 4.14. The van der Waals surface area contributed by atoms with Crippen molar-refractivity contribution in [2.45, 2.75) is 62.5 Å². The van der Waals surface area contributed by atoms with Gasteiger partial charge in [-0.2, -0.15) is 0 Å². The molecule has 2 aromatic rings. The molecule has 0 aromatic heterocycles. The predicted octanol–water partition coefficient (Wildman–Crippen LogP) is 3.34. The van der Waals surface area contributed by atoms with Gasteiger partial charge in [0.25, 0.3) is 0 Å². The average molecular weight is 411 g/mol. The van der Waals surface area contributed by atoms with Crippen LogP contribution in [0.5, 0.6) is 0 Å². The summed E-state index contributed by atoms with van der Waals surface area (Å²) in [6.45, 7) is 2.00. The summed E-state index contributed by atoms with van der Waals surface area (Å²) in [6, 6.07) is 20.1. The van der Waals surface area contributed by atoms with E-state index in [1.54, 1.807) is 6.92 Å². The van der Waals surface area contributed by atoms with Crippen LogP contribution in [0.15, 0.2) is 66.7 Å². The third-order valence-corrected chi connectivity index (χ3v) is 6.06. The summed E-state index contributed by atoms with van der Waals surface area (Å²) in [5.41, 5.74) is 1.23. The van der Waals surface area contributed by atoms with Gasteiger partial charge in [0.1, 0.15) is 11.7 Å². The number of hydrogen-bond acceptors (Lipinski definition) is 5. The Labute approximate surface area is 177 Å². The molecule has 2 aliphatic heterocycles. The van der Waals surface area contributed by atoms with Gasteiger partial charge in [0, 0.05) is 12.8 Å². The predicted molar refractivity (Wildman–Crippen MR) is 115 cm³/mol. The second kappa shape index (κ2) is 9.41. The molecule has 0 radical (unpaired) electrons. The van der Waals surface area contributed by atoms with E-state index in [9.17, 15) is 10.2 Å². The van der Waals surface area contributed by atoms with Crippen molar-refractivity contribution in [3.63, 3.8) is 0 Å². The second-order valence-electron chi connectivity index (χ2n) is 8.36. The van der Waals surface area contributed by atoms with Gasteiger partial charge in [-0.25, -0.2) is 0 Å². The molecule has 0 amide bonds. The molecule has 2 aromatic carbocycles. The van der Waals surface area contributed by atoms with Crippen molar-refractivity contribution in [3.8, 4) is 0 Å². The van der Waals surface area contributed by atoms with Crippen LogP contribution in [0.25, 0.3) is 6.08 Å².